The zero-order valence-corrected chi connectivity index (χ0v) is 11.0. The molecule has 2 N–H and O–H groups in total. The Morgan fingerprint density at radius 3 is 3.16 bits per heavy atom. The van der Waals surface area contributed by atoms with Gasteiger partial charge in [-0.25, -0.2) is 9.50 Å². The van der Waals surface area contributed by atoms with Gasteiger partial charge in [0.15, 0.2) is 5.65 Å². The van der Waals surface area contributed by atoms with E-state index in [1.54, 1.807) is 43.1 Å². The summed E-state index contributed by atoms with van der Waals surface area (Å²) in [5.41, 5.74) is 0.733. The number of fused-ring (bicyclic) bond motifs is 1. The maximum atomic E-state index is 11.8. The molecule has 0 aliphatic rings. The standard InChI is InChI=1S/C12H17N5O2/c1-9(12(18)13-6-8-19-2)15-10-4-7-17-11(16-10)3-5-14-17/h3-5,7,9H,6,8H2,1-2H3,(H,13,18)(H,15,16). The van der Waals surface area contributed by atoms with Gasteiger partial charge in [0, 0.05) is 25.9 Å². The number of methoxy groups -OCH3 is 1. The minimum absolute atomic E-state index is 0.0905. The summed E-state index contributed by atoms with van der Waals surface area (Å²) < 4.78 is 6.53. The minimum atomic E-state index is -0.366. The lowest BCUT2D eigenvalue weighted by Gasteiger charge is -2.14. The molecule has 0 fully saturated rings. The molecule has 0 aliphatic heterocycles. The normalized spacial score (nSPS) is 12.3. The van der Waals surface area contributed by atoms with Crippen molar-refractivity contribution in [3.05, 3.63) is 24.5 Å². The topological polar surface area (TPSA) is 80.5 Å². The van der Waals surface area contributed by atoms with Crippen LogP contribution in [0.15, 0.2) is 24.5 Å². The smallest absolute Gasteiger partial charge is 0.242 e. The van der Waals surface area contributed by atoms with Gasteiger partial charge in [0.05, 0.1) is 12.8 Å². The number of hydrogen-bond donors (Lipinski definition) is 2. The quantitative estimate of drug-likeness (QED) is 0.732. The number of carbonyl (C=O) groups is 1. The maximum absolute atomic E-state index is 11.8. The van der Waals surface area contributed by atoms with Crippen LogP contribution in [-0.4, -0.2) is 46.8 Å². The third-order valence-electron chi connectivity index (χ3n) is 2.62. The minimum Gasteiger partial charge on any atom is -0.383 e. The second-order valence-electron chi connectivity index (χ2n) is 4.10. The Labute approximate surface area is 111 Å². The van der Waals surface area contributed by atoms with Crippen LogP contribution in [0, 0.1) is 0 Å². The molecule has 2 aromatic rings. The highest BCUT2D eigenvalue weighted by Crippen LogP contribution is 2.07. The molecule has 7 nitrogen and oxygen atoms in total. The van der Waals surface area contributed by atoms with Crippen LogP contribution < -0.4 is 10.6 Å². The summed E-state index contributed by atoms with van der Waals surface area (Å²) >= 11 is 0. The summed E-state index contributed by atoms with van der Waals surface area (Å²) in [6.45, 7) is 2.78. The molecule has 2 heterocycles. The van der Waals surface area contributed by atoms with Crippen LogP contribution in [0.4, 0.5) is 5.82 Å². The molecule has 0 spiro atoms. The van der Waals surface area contributed by atoms with Gasteiger partial charge in [0.25, 0.3) is 0 Å². The third kappa shape index (κ3) is 3.41. The molecule has 1 amide bonds. The summed E-state index contributed by atoms with van der Waals surface area (Å²) in [4.78, 5) is 16.1. The number of hydrogen-bond acceptors (Lipinski definition) is 5. The number of anilines is 1. The fourth-order valence-corrected chi connectivity index (χ4v) is 1.61. The molecule has 0 saturated heterocycles. The molecule has 0 radical (unpaired) electrons. The van der Waals surface area contributed by atoms with Gasteiger partial charge in [-0.3, -0.25) is 4.79 Å². The number of amides is 1. The Kier molecular flexibility index (Phi) is 4.30. The van der Waals surface area contributed by atoms with E-state index in [1.165, 1.54) is 0 Å². The Bertz CT molecular complexity index is 554. The van der Waals surface area contributed by atoms with Gasteiger partial charge >= 0.3 is 0 Å². The van der Waals surface area contributed by atoms with Crippen LogP contribution in [-0.2, 0) is 9.53 Å². The van der Waals surface area contributed by atoms with Crippen molar-refractivity contribution in [3.8, 4) is 0 Å². The molecule has 2 rings (SSSR count). The number of nitrogens with zero attached hydrogens (tertiary/aromatic N) is 3. The van der Waals surface area contributed by atoms with E-state index in [-0.39, 0.29) is 11.9 Å². The zero-order chi connectivity index (χ0) is 13.7. The highest BCUT2D eigenvalue weighted by atomic mass is 16.5. The Hall–Kier alpha value is -2.15. The first-order valence-electron chi connectivity index (χ1n) is 6.04. The lowest BCUT2D eigenvalue weighted by Crippen LogP contribution is -2.39. The van der Waals surface area contributed by atoms with E-state index in [9.17, 15) is 4.79 Å². The van der Waals surface area contributed by atoms with Crippen molar-refractivity contribution in [2.75, 3.05) is 25.6 Å². The second kappa shape index (κ2) is 6.14. The van der Waals surface area contributed by atoms with Crippen molar-refractivity contribution < 1.29 is 9.53 Å². The Balaban J connectivity index is 1.93. The van der Waals surface area contributed by atoms with E-state index in [4.69, 9.17) is 4.74 Å². The molecule has 19 heavy (non-hydrogen) atoms. The highest BCUT2D eigenvalue weighted by Gasteiger charge is 2.12. The van der Waals surface area contributed by atoms with Gasteiger partial charge in [0.1, 0.15) is 11.9 Å². The Morgan fingerprint density at radius 1 is 1.53 bits per heavy atom. The van der Waals surface area contributed by atoms with Gasteiger partial charge in [-0.05, 0) is 13.0 Å². The average Bonchev–Trinajstić information content (AvgIpc) is 2.86. The van der Waals surface area contributed by atoms with Gasteiger partial charge in [-0.1, -0.05) is 0 Å². The summed E-state index contributed by atoms with van der Waals surface area (Å²) in [6.07, 6.45) is 3.47. The molecule has 0 aliphatic carbocycles. The molecular weight excluding hydrogens is 246 g/mol. The second-order valence-corrected chi connectivity index (χ2v) is 4.10. The average molecular weight is 263 g/mol. The van der Waals surface area contributed by atoms with Crippen molar-refractivity contribution in [3.63, 3.8) is 0 Å². The van der Waals surface area contributed by atoms with Gasteiger partial charge < -0.3 is 15.4 Å². The first-order valence-corrected chi connectivity index (χ1v) is 6.04. The van der Waals surface area contributed by atoms with Gasteiger partial charge in [-0.2, -0.15) is 5.10 Å². The monoisotopic (exact) mass is 263 g/mol. The van der Waals surface area contributed by atoms with E-state index in [2.05, 4.69) is 20.7 Å². The molecule has 0 bridgehead atoms. The van der Waals surface area contributed by atoms with Crippen LogP contribution in [0.3, 0.4) is 0 Å². The summed E-state index contributed by atoms with van der Waals surface area (Å²) in [6, 6.07) is 3.21. The number of rotatable bonds is 6. The van der Waals surface area contributed by atoms with Crippen LogP contribution in [0.5, 0.6) is 0 Å². The summed E-state index contributed by atoms with van der Waals surface area (Å²) in [7, 11) is 1.60. The van der Waals surface area contributed by atoms with Crippen molar-refractivity contribution in [2.45, 2.75) is 13.0 Å². The van der Waals surface area contributed by atoms with E-state index < -0.39 is 0 Å². The van der Waals surface area contributed by atoms with Crippen molar-refractivity contribution in [1.82, 2.24) is 19.9 Å². The van der Waals surface area contributed by atoms with E-state index in [1.807, 2.05) is 0 Å². The fraction of sp³-hybridized carbons (Fsp3) is 0.417. The van der Waals surface area contributed by atoms with Crippen molar-refractivity contribution >= 4 is 17.4 Å². The van der Waals surface area contributed by atoms with Crippen LogP contribution >= 0.6 is 0 Å². The summed E-state index contributed by atoms with van der Waals surface area (Å²) in [5, 5.41) is 9.87. The summed E-state index contributed by atoms with van der Waals surface area (Å²) in [5.74, 6) is 0.551. The number of aromatic nitrogens is 3. The molecular formula is C12H17N5O2. The van der Waals surface area contributed by atoms with E-state index in [0.717, 1.165) is 5.65 Å². The zero-order valence-electron chi connectivity index (χ0n) is 11.0. The molecule has 0 saturated carbocycles. The van der Waals surface area contributed by atoms with Gasteiger partial charge in [-0.15, -0.1) is 0 Å². The largest absolute Gasteiger partial charge is 0.383 e. The molecule has 0 aromatic carbocycles. The molecule has 2 aromatic heterocycles. The van der Waals surface area contributed by atoms with Crippen LogP contribution in [0.1, 0.15) is 6.92 Å². The first-order chi connectivity index (χ1) is 9.20. The molecule has 7 heteroatoms. The lowest BCUT2D eigenvalue weighted by atomic mass is 10.3. The molecule has 102 valence electrons. The van der Waals surface area contributed by atoms with Crippen LogP contribution in [0.2, 0.25) is 0 Å². The predicted octanol–water partition coefficient (Wildman–Crippen LogP) is 0.292. The highest BCUT2D eigenvalue weighted by molar-refractivity contribution is 5.83. The predicted molar refractivity (Wildman–Crippen MR) is 71.0 cm³/mol. The van der Waals surface area contributed by atoms with E-state index >= 15 is 0 Å². The lowest BCUT2D eigenvalue weighted by molar-refractivity contribution is -0.121. The molecule has 1 atom stereocenters. The first kappa shape index (κ1) is 13.3. The fourth-order valence-electron chi connectivity index (χ4n) is 1.61. The molecule has 1 unspecified atom stereocenters. The van der Waals surface area contributed by atoms with Crippen molar-refractivity contribution in [1.29, 1.82) is 0 Å². The number of ether oxygens (including phenoxy) is 1. The maximum Gasteiger partial charge on any atom is 0.242 e. The van der Waals surface area contributed by atoms with Crippen LogP contribution in [0.25, 0.3) is 5.65 Å². The van der Waals surface area contributed by atoms with Gasteiger partial charge in [0.2, 0.25) is 5.91 Å². The van der Waals surface area contributed by atoms with E-state index in [0.29, 0.717) is 19.0 Å². The number of carbonyl (C=O) groups excluding carboxylic acids is 1. The third-order valence-corrected chi connectivity index (χ3v) is 2.62. The Morgan fingerprint density at radius 2 is 2.37 bits per heavy atom. The SMILES string of the molecule is COCCNC(=O)C(C)Nc1ccn2nccc2n1. The van der Waals surface area contributed by atoms with Crippen molar-refractivity contribution in [2.24, 2.45) is 0 Å². The number of nitrogens with one attached hydrogen (secondary N) is 2.